The number of hydrogen-bond donors (Lipinski definition) is 3. The van der Waals surface area contributed by atoms with Crippen molar-refractivity contribution in [2.45, 2.75) is 18.6 Å². The van der Waals surface area contributed by atoms with Crippen LogP contribution >= 0.6 is 0 Å². The van der Waals surface area contributed by atoms with Crippen LogP contribution in [-0.4, -0.2) is 41.2 Å². The van der Waals surface area contributed by atoms with E-state index < -0.39 is 12.2 Å². The molecule has 0 aliphatic rings. The van der Waals surface area contributed by atoms with E-state index in [9.17, 15) is 15.0 Å². The van der Waals surface area contributed by atoms with E-state index in [0.717, 1.165) is 0 Å². The third kappa shape index (κ3) is 3.37. The van der Waals surface area contributed by atoms with E-state index in [-0.39, 0.29) is 5.69 Å². The molecule has 0 spiro atoms. The SMILES string of the molecule is CNCCC(O)C(O)c1cccc(C=O)n1. The predicted octanol–water partition coefficient (Wildman–Crippen LogP) is -0.102. The van der Waals surface area contributed by atoms with Crippen molar-refractivity contribution in [1.29, 1.82) is 0 Å². The van der Waals surface area contributed by atoms with Crippen molar-refractivity contribution in [3.8, 4) is 0 Å². The van der Waals surface area contributed by atoms with E-state index in [1.165, 1.54) is 0 Å². The first-order valence-electron chi connectivity index (χ1n) is 5.12. The number of pyridine rings is 1. The highest BCUT2D eigenvalue weighted by molar-refractivity contribution is 5.71. The molecule has 1 rings (SSSR count). The molecule has 1 aromatic rings. The molecule has 2 atom stereocenters. The third-order valence-corrected chi connectivity index (χ3v) is 2.27. The van der Waals surface area contributed by atoms with Gasteiger partial charge in [-0.15, -0.1) is 0 Å². The van der Waals surface area contributed by atoms with Gasteiger partial charge in [0.25, 0.3) is 0 Å². The summed E-state index contributed by atoms with van der Waals surface area (Å²) >= 11 is 0. The summed E-state index contributed by atoms with van der Waals surface area (Å²) in [6.07, 6.45) is -0.920. The molecule has 16 heavy (non-hydrogen) atoms. The van der Waals surface area contributed by atoms with Crippen molar-refractivity contribution in [1.82, 2.24) is 10.3 Å². The minimum Gasteiger partial charge on any atom is -0.390 e. The Morgan fingerprint density at radius 3 is 2.88 bits per heavy atom. The second-order valence-corrected chi connectivity index (χ2v) is 3.51. The molecule has 0 saturated heterocycles. The van der Waals surface area contributed by atoms with Crippen molar-refractivity contribution in [2.24, 2.45) is 0 Å². The number of aliphatic hydroxyl groups excluding tert-OH is 2. The zero-order valence-corrected chi connectivity index (χ0v) is 9.13. The van der Waals surface area contributed by atoms with Gasteiger partial charge in [-0.1, -0.05) is 6.07 Å². The predicted molar refractivity (Wildman–Crippen MR) is 59.1 cm³/mol. The summed E-state index contributed by atoms with van der Waals surface area (Å²) < 4.78 is 0. The Hall–Kier alpha value is -1.30. The minimum absolute atomic E-state index is 0.248. The molecule has 0 aromatic carbocycles. The molecule has 0 amide bonds. The molecule has 0 bridgehead atoms. The van der Waals surface area contributed by atoms with Crippen LogP contribution in [0.15, 0.2) is 18.2 Å². The quantitative estimate of drug-likeness (QED) is 0.588. The molecule has 0 aliphatic heterocycles. The number of aromatic nitrogens is 1. The molecule has 1 heterocycles. The van der Waals surface area contributed by atoms with Crippen molar-refractivity contribution in [2.75, 3.05) is 13.6 Å². The lowest BCUT2D eigenvalue weighted by atomic mass is 10.1. The number of nitrogens with zero attached hydrogens (tertiary/aromatic N) is 1. The Labute approximate surface area is 94.1 Å². The van der Waals surface area contributed by atoms with Crippen molar-refractivity contribution >= 4 is 6.29 Å². The van der Waals surface area contributed by atoms with Crippen LogP contribution in [0.2, 0.25) is 0 Å². The van der Waals surface area contributed by atoms with E-state index >= 15 is 0 Å². The number of hydrogen-bond acceptors (Lipinski definition) is 5. The largest absolute Gasteiger partial charge is 0.390 e. The maximum Gasteiger partial charge on any atom is 0.168 e. The first kappa shape index (κ1) is 12.8. The van der Waals surface area contributed by atoms with Gasteiger partial charge in [-0.2, -0.15) is 0 Å². The van der Waals surface area contributed by atoms with Crippen LogP contribution < -0.4 is 5.32 Å². The average molecular weight is 224 g/mol. The summed E-state index contributed by atoms with van der Waals surface area (Å²) in [7, 11) is 1.77. The fourth-order valence-electron chi connectivity index (χ4n) is 1.35. The Morgan fingerprint density at radius 1 is 1.50 bits per heavy atom. The van der Waals surface area contributed by atoms with Crippen molar-refractivity contribution in [3.05, 3.63) is 29.6 Å². The van der Waals surface area contributed by atoms with Gasteiger partial charge in [0.1, 0.15) is 11.8 Å². The zero-order chi connectivity index (χ0) is 12.0. The van der Waals surface area contributed by atoms with Gasteiger partial charge in [0.15, 0.2) is 6.29 Å². The molecule has 0 saturated carbocycles. The van der Waals surface area contributed by atoms with E-state index in [4.69, 9.17) is 0 Å². The minimum atomic E-state index is -1.06. The first-order chi connectivity index (χ1) is 7.69. The number of carbonyl (C=O) groups excluding carboxylic acids is 1. The summed E-state index contributed by atoms with van der Waals surface area (Å²) in [6.45, 7) is 0.603. The summed E-state index contributed by atoms with van der Waals surface area (Å²) in [4.78, 5) is 14.4. The van der Waals surface area contributed by atoms with E-state index in [2.05, 4.69) is 10.3 Å². The number of rotatable bonds is 6. The topological polar surface area (TPSA) is 82.5 Å². The van der Waals surface area contributed by atoms with Crippen LogP contribution in [0.25, 0.3) is 0 Å². The van der Waals surface area contributed by atoms with Crippen LogP contribution in [0.4, 0.5) is 0 Å². The second kappa shape index (κ2) is 6.32. The molecule has 88 valence electrons. The highest BCUT2D eigenvalue weighted by Gasteiger charge is 2.19. The molecular weight excluding hydrogens is 208 g/mol. The molecule has 5 nitrogen and oxygen atoms in total. The third-order valence-electron chi connectivity index (χ3n) is 2.27. The molecule has 1 aromatic heterocycles. The lowest BCUT2D eigenvalue weighted by molar-refractivity contribution is 0.0115. The van der Waals surface area contributed by atoms with Gasteiger partial charge < -0.3 is 15.5 Å². The van der Waals surface area contributed by atoms with Gasteiger partial charge in [-0.25, -0.2) is 4.98 Å². The normalized spacial score (nSPS) is 14.4. The fraction of sp³-hybridized carbons (Fsp3) is 0.455. The molecule has 0 fully saturated rings. The maximum absolute atomic E-state index is 10.5. The number of carbonyl (C=O) groups is 1. The van der Waals surface area contributed by atoms with Crippen molar-refractivity contribution < 1.29 is 15.0 Å². The van der Waals surface area contributed by atoms with Gasteiger partial charge in [0.2, 0.25) is 0 Å². The van der Waals surface area contributed by atoms with Crippen LogP contribution in [0.5, 0.6) is 0 Å². The summed E-state index contributed by atoms with van der Waals surface area (Å²) in [5.41, 5.74) is 0.561. The van der Waals surface area contributed by atoms with Gasteiger partial charge in [0.05, 0.1) is 11.8 Å². The standard InChI is InChI=1S/C11H16N2O3/c1-12-6-5-10(15)11(16)9-4-2-3-8(7-14)13-9/h2-4,7,10-12,15-16H,5-6H2,1H3. The number of aldehydes is 1. The van der Waals surface area contributed by atoms with Gasteiger partial charge >= 0.3 is 0 Å². The summed E-state index contributed by atoms with van der Waals surface area (Å²) in [5, 5.41) is 22.3. The summed E-state index contributed by atoms with van der Waals surface area (Å²) in [6, 6.07) is 4.75. The lowest BCUT2D eigenvalue weighted by Crippen LogP contribution is -2.24. The molecular formula is C11H16N2O3. The van der Waals surface area contributed by atoms with E-state index in [0.29, 0.717) is 24.9 Å². The van der Waals surface area contributed by atoms with E-state index in [1.54, 1.807) is 25.2 Å². The molecule has 5 heteroatoms. The smallest absolute Gasteiger partial charge is 0.168 e. The van der Waals surface area contributed by atoms with Gasteiger partial charge in [-0.05, 0) is 32.1 Å². The van der Waals surface area contributed by atoms with Crippen LogP contribution in [0.3, 0.4) is 0 Å². The van der Waals surface area contributed by atoms with Crippen LogP contribution in [0.1, 0.15) is 28.7 Å². The van der Waals surface area contributed by atoms with Crippen molar-refractivity contribution in [3.63, 3.8) is 0 Å². The van der Waals surface area contributed by atoms with Gasteiger partial charge in [0, 0.05) is 0 Å². The van der Waals surface area contributed by atoms with Gasteiger partial charge in [-0.3, -0.25) is 4.79 Å². The Bertz CT molecular complexity index is 344. The molecule has 0 aliphatic carbocycles. The molecule has 2 unspecified atom stereocenters. The Balaban J connectivity index is 2.70. The second-order valence-electron chi connectivity index (χ2n) is 3.51. The average Bonchev–Trinajstić information content (AvgIpc) is 2.35. The van der Waals surface area contributed by atoms with Crippen LogP contribution in [-0.2, 0) is 0 Å². The number of nitrogens with one attached hydrogen (secondary N) is 1. The number of aliphatic hydroxyl groups is 2. The zero-order valence-electron chi connectivity index (χ0n) is 9.13. The first-order valence-corrected chi connectivity index (χ1v) is 5.12. The Kier molecular flexibility index (Phi) is 5.04. The maximum atomic E-state index is 10.5. The highest BCUT2D eigenvalue weighted by Crippen LogP contribution is 2.16. The highest BCUT2D eigenvalue weighted by atomic mass is 16.3. The monoisotopic (exact) mass is 224 g/mol. The lowest BCUT2D eigenvalue weighted by Gasteiger charge is -2.17. The fourth-order valence-corrected chi connectivity index (χ4v) is 1.35. The van der Waals surface area contributed by atoms with E-state index in [1.807, 2.05) is 0 Å². The molecule has 0 radical (unpaired) electrons. The molecule has 3 N–H and O–H groups in total. The van der Waals surface area contributed by atoms with Crippen LogP contribution in [0, 0.1) is 0 Å². The Morgan fingerprint density at radius 2 is 2.25 bits per heavy atom. The summed E-state index contributed by atoms with van der Waals surface area (Å²) in [5.74, 6) is 0.